The fourth-order valence-electron chi connectivity index (χ4n) is 4.66. The fourth-order valence-corrected chi connectivity index (χ4v) is 4.66. The Morgan fingerprint density at radius 3 is 2.03 bits per heavy atom. The average molecular weight is 450 g/mol. The molecule has 0 N–H and O–H groups in total. The predicted octanol–water partition coefficient (Wildman–Crippen LogP) is 4.13. The highest BCUT2D eigenvalue weighted by molar-refractivity contribution is 5.90. The molecule has 6 rings (SSSR count). The van der Waals surface area contributed by atoms with Crippen molar-refractivity contribution < 1.29 is 9.53 Å². The quantitative estimate of drug-likeness (QED) is 0.469. The lowest BCUT2D eigenvalue weighted by molar-refractivity contribution is -0.132. The van der Waals surface area contributed by atoms with Crippen molar-refractivity contribution >= 4 is 11.7 Å². The molecule has 4 aromatic rings. The Labute approximate surface area is 197 Å². The van der Waals surface area contributed by atoms with E-state index in [1.165, 1.54) is 0 Å². The molecule has 2 aromatic carbocycles. The largest absolute Gasteiger partial charge is 0.457 e. The minimum Gasteiger partial charge on any atom is -0.457 e. The molecule has 1 fully saturated rings. The molecule has 0 bridgehead atoms. The predicted molar refractivity (Wildman–Crippen MR) is 129 cm³/mol. The Kier molecular flexibility index (Phi) is 5.14. The first-order valence-corrected chi connectivity index (χ1v) is 11.4. The first-order valence-electron chi connectivity index (χ1n) is 11.4. The topological polar surface area (TPSA) is 71.5 Å². The van der Waals surface area contributed by atoms with Gasteiger partial charge in [0, 0.05) is 43.5 Å². The van der Waals surface area contributed by atoms with E-state index in [-0.39, 0.29) is 11.8 Å². The van der Waals surface area contributed by atoms with Crippen LogP contribution in [0, 0.1) is 0 Å². The number of hydrogen-bond donors (Lipinski definition) is 0. The number of anilines is 1. The monoisotopic (exact) mass is 449 g/mol. The minimum absolute atomic E-state index is 0.111. The second kappa shape index (κ2) is 8.59. The molecule has 168 valence electrons. The highest BCUT2D eigenvalue weighted by Gasteiger charge is 2.36. The zero-order chi connectivity index (χ0) is 22.9. The number of amides is 1. The second-order valence-electron chi connectivity index (χ2n) is 8.41. The van der Waals surface area contributed by atoms with E-state index in [0.717, 1.165) is 39.8 Å². The summed E-state index contributed by atoms with van der Waals surface area (Å²) in [5.41, 5.74) is 3.39. The van der Waals surface area contributed by atoms with Gasteiger partial charge in [-0.1, -0.05) is 42.5 Å². The van der Waals surface area contributed by atoms with Crippen molar-refractivity contribution in [3.8, 4) is 22.9 Å². The van der Waals surface area contributed by atoms with E-state index in [9.17, 15) is 4.79 Å². The summed E-state index contributed by atoms with van der Waals surface area (Å²) >= 11 is 0. The average Bonchev–Trinajstić information content (AvgIpc) is 2.92. The van der Waals surface area contributed by atoms with Gasteiger partial charge in [0.2, 0.25) is 5.91 Å². The van der Waals surface area contributed by atoms with Crippen molar-refractivity contribution in [2.45, 2.75) is 5.92 Å². The van der Waals surface area contributed by atoms with Crippen LogP contribution in [0.4, 0.5) is 5.82 Å². The molecule has 4 heterocycles. The molecule has 0 aliphatic carbocycles. The Morgan fingerprint density at radius 2 is 1.41 bits per heavy atom. The summed E-state index contributed by atoms with van der Waals surface area (Å²) < 4.78 is 6.06. The van der Waals surface area contributed by atoms with Gasteiger partial charge in [-0.3, -0.25) is 9.78 Å². The van der Waals surface area contributed by atoms with Crippen LogP contribution in [0.3, 0.4) is 0 Å². The van der Waals surface area contributed by atoms with Crippen LogP contribution < -0.4 is 9.64 Å². The van der Waals surface area contributed by atoms with Crippen molar-refractivity contribution in [2.24, 2.45) is 0 Å². The number of fused-ring (bicyclic) bond motifs is 2. The van der Waals surface area contributed by atoms with Gasteiger partial charge in [0.15, 0.2) is 5.82 Å². The molecule has 7 nitrogen and oxygen atoms in total. The van der Waals surface area contributed by atoms with Crippen LogP contribution in [0.5, 0.6) is 11.5 Å². The number of piperazine rings is 1. The number of para-hydroxylation sites is 2. The third kappa shape index (κ3) is 3.65. The van der Waals surface area contributed by atoms with E-state index >= 15 is 0 Å². The lowest BCUT2D eigenvalue weighted by Gasteiger charge is -2.38. The number of aromatic nitrogens is 3. The maximum absolute atomic E-state index is 13.7. The number of rotatable bonds is 3. The molecule has 2 aromatic heterocycles. The maximum Gasteiger partial charge on any atom is 0.234 e. The lowest BCUT2D eigenvalue weighted by Crippen LogP contribution is -2.50. The van der Waals surface area contributed by atoms with Gasteiger partial charge >= 0.3 is 0 Å². The number of nitrogens with zero attached hydrogens (tertiary/aromatic N) is 5. The first-order chi connectivity index (χ1) is 16.8. The summed E-state index contributed by atoms with van der Waals surface area (Å²) in [6.07, 6.45) is 1.75. The minimum atomic E-state index is -0.356. The summed E-state index contributed by atoms with van der Waals surface area (Å²) in [5.74, 6) is 2.07. The van der Waals surface area contributed by atoms with Gasteiger partial charge in [-0.2, -0.15) is 0 Å². The number of ether oxygens (including phenoxy) is 1. The van der Waals surface area contributed by atoms with Crippen molar-refractivity contribution in [3.05, 3.63) is 96.2 Å². The Bertz CT molecular complexity index is 1270. The van der Waals surface area contributed by atoms with Crippen molar-refractivity contribution in [3.63, 3.8) is 0 Å². The number of carbonyl (C=O) groups is 1. The van der Waals surface area contributed by atoms with E-state index in [0.29, 0.717) is 26.2 Å². The van der Waals surface area contributed by atoms with Crippen LogP contribution in [-0.2, 0) is 4.79 Å². The van der Waals surface area contributed by atoms with Crippen LogP contribution in [-0.4, -0.2) is 52.2 Å². The van der Waals surface area contributed by atoms with Crippen LogP contribution in [0.15, 0.2) is 85.1 Å². The fraction of sp³-hybridized carbons (Fsp3) is 0.185. The number of carbonyl (C=O) groups excluding carboxylic acids is 1. The zero-order valence-electron chi connectivity index (χ0n) is 18.5. The van der Waals surface area contributed by atoms with E-state index in [2.05, 4.69) is 20.1 Å². The standard InChI is InChI=1S/C27H23N5O2/c33-27(26-19-7-1-3-10-23(19)34-24-11-4-2-8-20(24)26)32-17-15-31(16-18-32)25-13-12-22(29-30-25)21-9-5-6-14-28-21/h1-14,26H,15-18H2. The van der Waals surface area contributed by atoms with E-state index in [1.54, 1.807) is 6.20 Å². The highest BCUT2D eigenvalue weighted by Crippen LogP contribution is 2.44. The van der Waals surface area contributed by atoms with E-state index < -0.39 is 0 Å². The summed E-state index contributed by atoms with van der Waals surface area (Å²) in [5, 5.41) is 8.77. The molecule has 0 atom stereocenters. The number of pyridine rings is 1. The third-order valence-electron chi connectivity index (χ3n) is 6.42. The summed E-state index contributed by atoms with van der Waals surface area (Å²) in [6.45, 7) is 2.67. The van der Waals surface area contributed by atoms with Gasteiger partial charge in [0.25, 0.3) is 0 Å². The normalized spacial score (nSPS) is 15.3. The summed E-state index contributed by atoms with van der Waals surface area (Å²) in [6, 6.07) is 25.3. The van der Waals surface area contributed by atoms with Gasteiger partial charge in [0.05, 0.1) is 11.6 Å². The summed E-state index contributed by atoms with van der Waals surface area (Å²) in [4.78, 5) is 22.2. The van der Waals surface area contributed by atoms with Crippen LogP contribution in [0.2, 0.25) is 0 Å². The zero-order valence-corrected chi connectivity index (χ0v) is 18.5. The first kappa shape index (κ1) is 20.4. The molecule has 0 unspecified atom stereocenters. The Balaban J connectivity index is 1.18. The maximum atomic E-state index is 13.7. The van der Waals surface area contributed by atoms with E-state index in [1.807, 2.05) is 83.8 Å². The molecule has 0 spiro atoms. The molecular weight excluding hydrogens is 426 g/mol. The van der Waals surface area contributed by atoms with Crippen molar-refractivity contribution in [1.29, 1.82) is 0 Å². The third-order valence-corrected chi connectivity index (χ3v) is 6.42. The lowest BCUT2D eigenvalue weighted by atomic mass is 9.86. The van der Waals surface area contributed by atoms with Crippen molar-refractivity contribution in [2.75, 3.05) is 31.1 Å². The molecule has 34 heavy (non-hydrogen) atoms. The SMILES string of the molecule is O=C(C1c2ccccc2Oc2ccccc21)N1CCN(c2ccc(-c3ccccn3)nn2)CC1. The summed E-state index contributed by atoms with van der Waals surface area (Å²) in [7, 11) is 0. The second-order valence-corrected chi connectivity index (χ2v) is 8.41. The smallest absolute Gasteiger partial charge is 0.234 e. The molecule has 1 amide bonds. The molecule has 7 heteroatoms. The number of hydrogen-bond acceptors (Lipinski definition) is 6. The van der Waals surface area contributed by atoms with Crippen LogP contribution in [0.25, 0.3) is 11.4 Å². The molecule has 0 saturated carbocycles. The molecule has 2 aliphatic rings. The van der Waals surface area contributed by atoms with Crippen LogP contribution in [0.1, 0.15) is 17.0 Å². The van der Waals surface area contributed by atoms with E-state index in [4.69, 9.17) is 4.74 Å². The van der Waals surface area contributed by atoms with Gasteiger partial charge in [-0.05, 0) is 36.4 Å². The Hall–Kier alpha value is -4.26. The van der Waals surface area contributed by atoms with Gasteiger partial charge in [-0.15, -0.1) is 10.2 Å². The van der Waals surface area contributed by atoms with Crippen LogP contribution >= 0.6 is 0 Å². The molecular formula is C27H23N5O2. The number of benzene rings is 2. The molecule has 1 saturated heterocycles. The van der Waals surface area contributed by atoms with Gasteiger partial charge in [-0.25, -0.2) is 0 Å². The van der Waals surface area contributed by atoms with Crippen molar-refractivity contribution in [1.82, 2.24) is 20.1 Å². The highest BCUT2D eigenvalue weighted by atomic mass is 16.5. The molecule has 0 radical (unpaired) electrons. The molecule has 2 aliphatic heterocycles. The Morgan fingerprint density at radius 1 is 0.735 bits per heavy atom. The van der Waals surface area contributed by atoms with Gasteiger partial charge < -0.3 is 14.5 Å². The van der Waals surface area contributed by atoms with Gasteiger partial charge in [0.1, 0.15) is 17.2 Å².